The summed E-state index contributed by atoms with van der Waals surface area (Å²) in [5.41, 5.74) is 2.52. The molecular formula is C31H45N5O3. The number of hydrogen-bond donors (Lipinski definition) is 0. The van der Waals surface area contributed by atoms with Gasteiger partial charge in [0.05, 0.1) is 13.2 Å². The molecule has 0 aliphatic carbocycles. The highest BCUT2D eigenvalue weighted by atomic mass is 16.5. The van der Waals surface area contributed by atoms with Gasteiger partial charge in [-0.15, -0.1) is 0 Å². The third kappa shape index (κ3) is 7.51. The molecule has 212 valence electrons. The molecule has 2 aliphatic rings. The van der Waals surface area contributed by atoms with Crippen LogP contribution in [0.1, 0.15) is 25.7 Å². The Hall–Kier alpha value is -2.65. The summed E-state index contributed by atoms with van der Waals surface area (Å²) >= 11 is 0. The zero-order valence-electron chi connectivity index (χ0n) is 24.1. The third-order valence-electron chi connectivity index (χ3n) is 8.19. The first-order valence-electron chi connectivity index (χ1n) is 14.5. The predicted octanol–water partition coefficient (Wildman–Crippen LogP) is 4.30. The van der Waals surface area contributed by atoms with Crippen LogP contribution in [0.15, 0.2) is 46.9 Å². The zero-order chi connectivity index (χ0) is 27.2. The van der Waals surface area contributed by atoms with E-state index >= 15 is 0 Å². The van der Waals surface area contributed by atoms with Crippen LogP contribution in [-0.4, -0.2) is 117 Å². The lowest BCUT2D eigenvalue weighted by molar-refractivity contribution is 0.242. The number of oxazole rings is 1. The molecule has 2 aliphatic heterocycles. The van der Waals surface area contributed by atoms with E-state index in [2.05, 4.69) is 52.8 Å². The fraction of sp³-hybridized carbons (Fsp3) is 0.581. The van der Waals surface area contributed by atoms with Gasteiger partial charge < -0.3 is 33.5 Å². The molecule has 3 aromatic rings. The van der Waals surface area contributed by atoms with Crippen LogP contribution in [0.25, 0.3) is 22.6 Å². The molecular weight excluding hydrogens is 490 g/mol. The molecule has 2 atom stereocenters. The molecule has 8 heteroatoms. The summed E-state index contributed by atoms with van der Waals surface area (Å²) in [7, 11) is 8.69. The maximum absolute atomic E-state index is 6.08. The van der Waals surface area contributed by atoms with Crippen molar-refractivity contribution in [1.82, 2.24) is 24.6 Å². The fourth-order valence-electron chi connectivity index (χ4n) is 5.64. The molecule has 0 amide bonds. The van der Waals surface area contributed by atoms with Gasteiger partial charge in [-0.05, 0) is 103 Å². The van der Waals surface area contributed by atoms with Crippen LogP contribution in [0.2, 0.25) is 0 Å². The standard InChI is InChI=1S/C31H45N5O3/c1-33(2)25-13-17-35(22-25)15-5-19-37-27-9-7-24(8-10-27)31-32-29-12-11-28(21-30(29)39-31)38-20-6-16-36-18-14-26(23-36)34(3)4/h7-12,21,25-26H,5-6,13-20,22-23H2,1-4H3/t25?,26-/m0/s1. The van der Waals surface area contributed by atoms with Gasteiger partial charge in [-0.3, -0.25) is 0 Å². The highest BCUT2D eigenvalue weighted by Crippen LogP contribution is 2.28. The Morgan fingerprint density at radius 3 is 1.92 bits per heavy atom. The van der Waals surface area contributed by atoms with Gasteiger partial charge in [0, 0.05) is 49.9 Å². The van der Waals surface area contributed by atoms with Crippen molar-refractivity contribution in [2.45, 2.75) is 37.8 Å². The summed E-state index contributed by atoms with van der Waals surface area (Å²) in [4.78, 5) is 14.4. The summed E-state index contributed by atoms with van der Waals surface area (Å²) in [6.07, 6.45) is 4.57. The maximum Gasteiger partial charge on any atom is 0.227 e. The van der Waals surface area contributed by atoms with Crippen LogP contribution in [0.3, 0.4) is 0 Å². The Labute approximate surface area is 233 Å². The van der Waals surface area contributed by atoms with Crippen LogP contribution in [0.5, 0.6) is 11.5 Å². The summed E-state index contributed by atoms with van der Waals surface area (Å²) in [5, 5.41) is 0. The molecule has 1 unspecified atom stereocenters. The van der Waals surface area contributed by atoms with Gasteiger partial charge in [0.25, 0.3) is 0 Å². The van der Waals surface area contributed by atoms with Gasteiger partial charge >= 0.3 is 0 Å². The largest absolute Gasteiger partial charge is 0.494 e. The van der Waals surface area contributed by atoms with Crippen molar-refractivity contribution in [2.24, 2.45) is 0 Å². The Morgan fingerprint density at radius 2 is 1.36 bits per heavy atom. The van der Waals surface area contributed by atoms with Crippen molar-refractivity contribution in [3.63, 3.8) is 0 Å². The molecule has 2 saturated heterocycles. The first-order valence-corrected chi connectivity index (χ1v) is 14.5. The lowest BCUT2D eigenvalue weighted by Gasteiger charge is -2.20. The van der Waals surface area contributed by atoms with E-state index in [1.165, 1.54) is 25.9 Å². The minimum Gasteiger partial charge on any atom is -0.494 e. The van der Waals surface area contributed by atoms with Crippen molar-refractivity contribution >= 4 is 11.1 Å². The Balaban J connectivity index is 1.05. The van der Waals surface area contributed by atoms with Crippen LogP contribution in [-0.2, 0) is 0 Å². The molecule has 0 saturated carbocycles. The van der Waals surface area contributed by atoms with Gasteiger partial charge in [0.2, 0.25) is 5.89 Å². The minimum absolute atomic E-state index is 0.614. The van der Waals surface area contributed by atoms with Gasteiger partial charge in [0.1, 0.15) is 17.0 Å². The minimum atomic E-state index is 0.614. The van der Waals surface area contributed by atoms with Crippen LogP contribution in [0, 0.1) is 0 Å². The highest BCUT2D eigenvalue weighted by molar-refractivity contribution is 5.77. The Morgan fingerprint density at radius 1 is 0.795 bits per heavy atom. The number of aromatic nitrogens is 1. The number of nitrogens with zero attached hydrogens (tertiary/aromatic N) is 5. The summed E-state index contributed by atoms with van der Waals surface area (Å²) in [5.74, 6) is 2.32. The average Bonchev–Trinajstić information content (AvgIpc) is 3.69. The lowest BCUT2D eigenvalue weighted by atomic mass is 10.2. The van der Waals surface area contributed by atoms with Crippen LogP contribution in [0.4, 0.5) is 0 Å². The molecule has 0 N–H and O–H groups in total. The lowest BCUT2D eigenvalue weighted by Crippen LogP contribution is -2.32. The van der Waals surface area contributed by atoms with Gasteiger partial charge in [0.15, 0.2) is 5.58 Å². The zero-order valence-corrected chi connectivity index (χ0v) is 24.1. The number of rotatable bonds is 13. The first-order chi connectivity index (χ1) is 18.9. The van der Waals surface area contributed by atoms with Crippen LogP contribution >= 0.6 is 0 Å². The molecule has 8 nitrogen and oxygen atoms in total. The maximum atomic E-state index is 6.08. The van der Waals surface area contributed by atoms with E-state index < -0.39 is 0 Å². The number of likely N-dealkylation sites (tertiary alicyclic amines) is 2. The molecule has 1 aromatic heterocycles. The van der Waals surface area contributed by atoms with Crippen molar-refractivity contribution in [3.8, 4) is 23.0 Å². The van der Waals surface area contributed by atoms with Crippen molar-refractivity contribution in [3.05, 3.63) is 42.5 Å². The van der Waals surface area contributed by atoms with E-state index in [0.29, 0.717) is 24.6 Å². The fourth-order valence-corrected chi connectivity index (χ4v) is 5.64. The molecule has 2 fully saturated rings. The topological polar surface area (TPSA) is 57.5 Å². The molecule has 39 heavy (non-hydrogen) atoms. The second-order valence-corrected chi connectivity index (χ2v) is 11.5. The second kappa shape index (κ2) is 13.1. The normalized spacial score (nSPS) is 20.6. The third-order valence-corrected chi connectivity index (χ3v) is 8.19. The molecule has 0 bridgehead atoms. The average molecular weight is 536 g/mol. The van der Waals surface area contributed by atoms with Crippen LogP contribution < -0.4 is 9.47 Å². The monoisotopic (exact) mass is 535 g/mol. The number of hydrogen-bond acceptors (Lipinski definition) is 8. The predicted molar refractivity (Wildman–Crippen MR) is 157 cm³/mol. The van der Waals surface area contributed by atoms with Gasteiger partial charge in [-0.2, -0.15) is 0 Å². The molecule has 5 rings (SSSR count). The molecule has 2 aromatic carbocycles. The van der Waals surface area contributed by atoms with Gasteiger partial charge in [-0.25, -0.2) is 4.98 Å². The summed E-state index contributed by atoms with van der Waals surface area (Å²) < 4.78 is 18.1. The van der Waals surface area contributed by atoms with Crippen molar-refractivity contribution < 1.29 is 13.9 Å². The van der Waals surface area contributed by atoms with E-state index in [4.69, 9.17) is 13.9 Å². The Bertz CT molecular complexity index is 1180. The quantitative estimate of drug-likeness (QED) is 0.300. The highest BCUT2D eigenvalue weighted by Gasteiger charge is 2.24. The number of fused-ring (bicyclic) bond motifs is 1. The SMILES string of the molecule is CN(C)C1CCN(CCCOc2ccc(-c3nc4ccc(OCCCN5CC[C@H](N(C)C)C5)cc4o3)cc2)C1. The number of ether oxygens (including phenoxy) is 2. The molecule has 3 heterocycles. The number of benzene rings is 2. The Kier molecular flexibility index (Phi) is 9.40. The van der Waals surface area contributed by atoms with Gasteiger partial charge in [-0.1, -0.05) is 0 Å². The van der Waals surface area contributed by atoms with E-state index in [-0.39, 0.29) is 0 Å². The summed E-state index contributed by atoms with van der Waals surface area (Å²) in [6.45, 7) is 8.28. The van der Waals surface area contributed by atoms with Crippen molar-refractivity contribution in [2.75, 3.05) is 80.7 Å². The van der Waals surface area contributed by atoms with E-state index in [0.717, 1.165) is 73.8 Å². The van der Waals surface area contributed by atoms with E-state index in [9.17, 15) is 0 Å². The smallest absolute Gasteiger partial charge is 0.227 e. The number of likely N-dealkylation sites (N-methyl/N-ethyl adjacent to an activating group) is 2. The first kappa shape index (κ1) is 27.9. The second-order valence-electron chi connectivity index (χ2n) is 11.5. The molecule has 0 radical (unpaired) electrons. The van der Waals surface area contributed by atoms with E-state index in [1.807, 2.05) is 42.5 Å². The van der Waals surface area contributed by atoms with Crippen molar-refractivity contribution in [1.29, 1.82) is 0 Å². The summed E-state index contributed by atoms with van der Waals surface area (Å²) in [6, 6.07) is 15.3. The molecule has 0 spiro atoms. The van der Waals surface area contributed by atoms with E-state index in [1.54, 1.807) is 0 Å².